The average Bonchev–Trinajstić information content (AvgIpc) is 2.61. The number of pyridine rings is 1. The number of carbonyl (C=O) groups excluding carboxylic acids is 1. The molecule has 5 heteroatoms. The SMILES string of the molecule is CCc1ccc(CCOc2ccc(COC(=O)CN)cc2)nc1. The molecule has 0 bridgehead atoms. The Bertz CT molecular complexity index is 609. The third-order valence-corrected chi connectivity index (χ3v) is 3.41. The van der Waals surface area contributed by atoms with E-state index >= 15 is 0 Å². The number of nitrogens with zero attached hydrogens (tertiary/aromatic N) is 1. The molecule has 0 radical (unpaired) electrons. The van der Waals surface area contributed by atoms with Crippen molar-refractivity contribution in [1.82, 2.24) is 4.98 Å². The van der Waals surface area contributed by atoms with E-state index in [0.29, 0.717) is 6.61 Å². The molecular weight excluding hydrogens is 292 g/mol. The summed E-state index contributed by atoms with van der Waals surface area (Å²) in [6.07, 6.45) is 3.67. The van der Waals surface area contributed by atoms with Gasteiger partial charge in [-0.3, -0.25) is 9.78 Å². The van der Waals surface area contributed by atoms with Crippen molar-refractivity contribution in [2.24, 2.45) is 5.73 Å². The molecule has 1 heterocycles. The number of aryl methyl sites for hydroxylation is 1. The highest BCUT2D eigenvalue weighted by Gasteiger charge is 2.01. The van der Waals surface area contributed by atoms with Crippen molar-refractivity contribution < 1.29 is 14.3 Å². The number of rotatable bonds is 8. The van der Waals surface area contributed by atoms with E-state index < -0.39 is 5.97 Å². The molecule has 2 N–H and O–H groups in total. The van der Waals surface area contributed by atoms with Gasteiger partial charge in [0.15, 0.2) is 0 Å². The number of ether oxygens (including phenoxy) is 2. The van der Waals surface area contributed by atoms with Crippen LogP contribution in [0.3, 0.4) is 0 Å². The molecule has 1 aromatic heterocycles. The molecule has 0 aliphatic carbocycles. The van der Waals surface area contributed by atoms with Gasteiger partial charge in [0.05, 0.1) is 13.2 Å². The van der Waals surface area contributed by atoms with Gasteiger partial charge in [0.1, 0.15) is 12.4 Å². The molecule has 0 amide bonds. The van der Waals surface area contributed by atoms with Crippen LogP contribution < -0.4 is 10.5 Å². The van der Waals surface area contributed by atoms with Gasteiger partial charge in [-0.25, -0.2) is 0 Å². The van der Waals surface area contributed by atoms with Gasteiger partial charge in [-0.2, -0.15) is 0 Å². The van der Waals surface area contributed by atoms with Gasteiger partial charge < -0.3 is 15.2 Å². The number of aromatic nitrogens is 1. The van der Waals surface area contributed by atoms with Crippen LogP contribution in [0.2, 0.25) is 0 Å². The molecule has 0 unspecified atom stereocenters. The Morgan fingerprint density at radius 3 is 2.48 bits per heavy atom. The molecular formula is C18H22N2O3. The third-order valence-electron chi connectivity index (χ3n) is 3.41. The Labute approximate surface area is 136 Å². The Kier molecular flexibility index (Phi) is 6.56. The van der Waals surface area contributed by atoms with E-state index in [2.05, 4.69) is 18.0 Å². The molecule has 0 fully saturated rings. The highest BCUT2D eigenvalue weighted by Crippen LogP contribution is 2.13. The smallest absolute Gasteiger partial charge is 0.320 e. The summed E-state index contributed by atoms with van der Waals surface area (Å²) in [5, 5.41) is 0. The molecule has 122 valence electrons. The van der Waals surface area contributed by atoms with Gasteiger partial charge in [0.2, 0.25) is 0 Å². The summed E-state index contributed by atoms with van der Waals surface area (Å²) in [6, 6.07) is 11.6. The number of hydrogen-bond donors (Lipinski definition) is 1. The maximum absolute atomic E-state index is 11.0. The normalized spacial score (nSPS) is 10.3. The largest absolute Gasteiger partial charge is 0.493 e. The molecule has 2 aromatic rings. The Balaban J connectivity index is 1.76. The van der Waals surface area contributed by atoms with Crippen LogP contribution in [0.5, 0.6) is 5.75 Å². The second-order valence-electron chi connectivity index (χ2n) is 5.12. The maximum Gasteiger partial charge on any atom is 0.320 e. The number of benzene rings is 1. The lowest BCUT2D eigenvalue weighted by Gasteiger charge is -2.08. The van der Waals surface area contributed by atoms with Crippen LogP contribution in [-0.2, 0) is 29.0 Å². The number of nitrogens with two attached hydrogens (primary N) is 1. The first-order valence-electron chi connectivity index (χ1n) is 7.72. The average molecular weight is 314 g/mol. The fourth-order valence-electron chi connectivity index (χ4n) is 1.99. The highest BCUT2D eigenvalue weighted by atomic mass is 16.5. The van der Waals surface area contributed by atoms with E-state index in [0.717, 1.165) is 29.8 Å². The zero-order valence-corrected chi connectivity index (χ0v) is 13.3. The molecule has 2 rings (SSSR count). The van der Waals surface area contributed by atoms with Gasteiger partial charge in [0.25, 0.3) is 0 Å². The van der Waals surface area contributed by atoms with Crippen molar-refractivity contribution >= 4 is 5.97 Å². The predicted molar refractivity (Wildman–Crippen MR) is 88.1 cm³/mol. The Hall–Kier alpha value is -2.40. The molecule has 0 aliphatic heterocycles. The summed E-state index contributed by atoms with van der Waals surface area (Å²) in [6.45, 7) is 2.80. The number of hydrogen-bond acceptors (Lipinski definition) is 5. The molecule has 23 heavy (non-hydrogen) atoms. The van der Waals surface area contributed by atoms with Crippen LogP contribution in [0.25, 0.3) is 0 Å². The first kappa shape index (κ1) is 17.0. The first-order chi connectivity index (χ1) is 11.2. The molecule has 0 saturated heterocycles. The van der Waals surface area contributed by atoms with Crippen molar-refractivity contribution in [3.8, 4) is 5.75 Å². The van der Waals surface area contributed by atoms with E-state index in [-0.39, 0.29) is 13.2 Å². The standard InChI is InChI=1S/C18H22N2O3/c1-2-14-3-6-16(20-12-14)9-10-22-17-7-4-15(5-8-17)13-23-18(21)11-19/h3-8,12H,2,9-11,13,19H2,1H3. The predicted octanol–water partition coefficient (Wildman–Crippen LogP) is 2.27. The first-order valence-corrected chi connectivity index (χ1v) is 7.72. The van der Waals surface area contributed by atoms with Crippen molar-refractivity contribution in [2.45, 2.75) is 26.4 Å². The summed E-state index contributed by atoms with van der Waals surface area (Å²) < 4.78 is 10.7. The van der Waals surface area contributed by atoms with Crippen molar-refractivity contribution in [1.29, 1.82) is 0 Å². The van der Waals surface area contributed by atoms with E-state index in [1.165, 1.54) is 5.56 Å². The third kappa shape index (κ3) is 5.71. The van der Waals surface area contributed by atoms with Crippen LogP contribution in [0.4, 0.5) is 0 Å². The van der Waals surface area contributed by atoms with E-state index in [9.17, 15) is 4.79 Å². The Morgan fingerprint density at radius 2 is 1.87 bits per heavy atom. The molecule has 0 spiro atoms. The summed E-state index contributed by atoms with van der Waals surface area (Å²) in [7, 11) is 0. The van der Waals surface area contributed by atoms with Crippen LogP contribution in [0, 0.1) is 0 Å². The van der Waals surface area contributed by atoms with Gasteiger partial charge >= 0.3 is 5.97 Å². The summed E-state index contributed by atoms with van der Waals surface area (Å²) in [5.41, 5.74) is 8.34. The van der Waals surface area contributed by atoms with Gasteiger partial charge in [0, 0.05) is 18.3 Å². The monoisotopic (exact) mass is 314 g/mol. The molecule has 1 aromatic carbocycles. The number of carbonyl (C=O) groups is 1. The quantitative estimate of drug-likeness (QED) is 0.757. The lowest BCUT2D eigenvalue weighted by atomic mass is 10.2. The number of esters is 1. The molecule has 0 atom stereocenters. The highest BCUT2D eigenvalue weighted by molar-refractivity contribution is 5.71. The van der Waals surface area contributed by atoms with Crippen molar-refractivity contribution in [2.75, 3.05) is 13.2 Å². The second-order valence-corrected chi connectivity index (χ2v) is 5.12. The summed E-state index contributed by atoms with van der Waals surface area (Å²) >= 11 is 0. The van der Waals surface area contributed by atoms with Gasteiger partial charge in [-0.05, 0) is 35.7 Å². The van der Waals surface area contributed by atoms with Crippen molar-refractivity contribution in [3.63, 3.8) is 0 Å². The zero-order valence-electron chi connectivity index (χ0n) is 13.3. The topological polar surface area (TPSA) is 74.4 Å². The Morgan fingerprint density at radius 1 is 1.13 bits per heavy atom. The summed E-state index contributed by atoms with van der Waals surface area (Å²) in [5.74, 6) is 0.371. The van der Waals surface area contributed by atoms with E-state index in [1.807, 2.05) is 36.5 Å². The minimum absolute atomic E-state index is 0.103. The van der Waals surface area contributed by atoms with Crippen LogP contribution >= 0.6 is 0 Å². The van der Waals surface area contributed by atoms with Crippen LogP contribution in [0.1, 0.15) is 23.7 Å². The van der Waals surface area contributed by atoms with E-state index in [1.54, 1.807) is 0 Å². The second kappa shape index (κ2) is 8.90. The van der Waals surface area contributed by atoms with Gasteiger partial charge in [-0.15, -0.1) is 0 Å². The molecule has 0 aliphatic rings. The van der Waals surface area contributed by atoms with Crippen LogP contribution in [-0.4, -0.2) is 24.1 Å². The summed E-state index contributed by atoms with van der Waals surface area (Å²) in [4.78, 5) is 15.4. The lowest BCUT2D eigenvalue weighted by molar-refractivity contribution is -0.143. The fraction of sp³-hybridized carbons (Fsp3) is 0.333. The van der Waals surface area contributed by atoms with Crippen LogP contribution in [0.15, 0.2) is 42.6 Å². The van der Waals surface area contributed by atoms with E-state index in [4.69, 9.17) is 15.2 Å². The zero-order chi connectivity index (χ0) is 16.5. The maximum atomic E-state index is 11.0. The van der Waals surface area contributed by atoms with Gasteiger partial charge in [-0.1, -0.05) is 25.1 Å². The van der Waals surface area contributed by atoms with Crippen molar-refractivity contribution in [3.05, 3.63) is 59.4 Å². The molecule has 5 nitrogen and oxygen atoms in total. The molecule has 0 saturated carbocycles. The fourth-order valence-corrected chi connectivity index (χ4v) is 1.99. The lowest BCUT2D eigenvalue weighted by Crippen LogP contribution is -2.16. The minimum Gasteiger partial charge on any atom is -0.493 e. The minimum atomic E-state index is -0.410.